The van der Waals surface area contributed by atoms with Crippen molar-refractivity contribution in [3.05, 3.63) is 113 Å². The third-order valence-corrected chi connectivity index (χ3v) is 5.09. The van der Waals surface area contributed by atoms with E-state index < -0.39 is 0 Å². The Balaban J connectivity index is 1.89. The molecule has 0 unspecified atom stereocenters. The predicted octanol–water partition coefficient (Wildman–Crippen LogP) is 5.37. The average molecular weight is 389 g/mol. The molecule has 4 nitrogen and oxygen atoms in total. The fraction of sp³-hybridized carbons (Fsp3) is 0.0385. The van der Waals surface area contributed by atoms with E-state index in [1.165, 1.54) is 0 Å². The van der Waals surface area contributed by atoms with Crippen LogP contribution in [0.1, 0.15) is 5.56 Å². The summed E-state index contributed by atoms with van der Waals surface area (Å²) in [6.45, 7) is 2.02. The molecule has 2 aliphatic rings. The summed E-state index contributed by atoms with van der Waals surface area (Å²) in [5.74, 6) is 0.612. The Hall–Kier alpha value is -4.05. The van der Waals surface area contributed by atoms with Crippen LogP contribution in [-0.2, 0) is 0 Å². The van der Waals surface area contributed by atoms with Crippen LogP contribution in [0, 0.1) is 6.92 Å². The summed E-state index contributed by atoms with van der Waals surface area (Å²) in [6.07, 6.45) is 0. The second-order valence-electron chi connectivity index (χ2n) is 7.22. The minimum absolute atomic E-state index is 0.0474. The van der Waals surface area contributed by atoms with E-state index in [-0.39, 0.29) is 5.43 Å². The van der Waals surface area contributed by atoms with Crippen molar-refractivity contribution in [3.63, 3.8) is 0 Å². The Labute approximate surface area is 174 Å². The minimum Gasteiger partial charge on any atom is -0.289 e. The van der Waals surface area contributed by atoms with Crippen molar-refractivity contribution in [1.29, 1.82) is 0 Å². The van der Waals surface area contributed by atoms with Crippen molar-refractivity contribution >= 4 is 0 Å². The van der Waals surface area contributed by atoms with Gasteiger partial charge in [-0.15, -0.1) is 5.10 Å². The molecule has 30 heavy (non-hydrogen) atoms. The molecule has 0 atom stereocenters. The zero-order chi connectivity index (χ0) is 20.5. The molecule has 0 radical (unpaired) electrons. The molecule has 144 valence electrons. The fourth-order valence-electron chi connectivity index (χ4n) is 3.69. The molecule has 0 saturated carbocycles. The normalized spacial score (nSPS) is 11.0. The first-order chi connectivity index (χ1) is 14.7. The van der Waals surface area contributed by atoms with Gasteiger partial charge in [-0.1, -0.05) is 78.4 Å². The van der Waals surface area contributed by atoms with Crippen molar-refractivity contribution in [2.45, 2.75) is 6.92 Å². The number of nitrogens with zero attached hydrogens (tertiary/aromatic N) is 3. The monoisotopic (exact) mass is 389 g/mol. The van der Waals surface area contributed by atoms with Crippen LogP contribution < -0.4 is 5.43 Å². The van der Waals surface area contributed by atoms with Crippen LogP contribution in [0.15, 0.2) is 102 Å². The maximum atomic E-state index is 13.0. The van der Waals surface area contributed by atoms with Crippen molar-refractivity contribution in [2.24, 2.45) is 0 Å². The first-order valence-corrected chi connectivity index (χ1v) is 9.83. The summed E-state index contributed by atoms with van der Waals surface area (Å²) in [5.41, 5.74) is 5.76. The number of benzene rings is 4. The van der Waals surface area contributed by atoms with E-state index >= 15 is 0 Å². The highest BCUT2D eigenvalue weighted by Gasteiger charge is 2.21. The Morgan fingerprint density at radius 1 is 0.733 bits per heavy atom. The van der Waals surface area contributed by atoms with Gasteiger partial charge in [0.1, 0.15) is 5.69 Å². The molecule has 5 rings (SSSR count). The lowest BCUT2D eigenvalue weighted by Crippen LogP contribution is -2.16. The van der Waals surface area contributed by atoms with Crippen LogP contribution in [0.3, 0.4) is 0 Å². The van der Waals surface area contributed by atoms with E-state index in [1.807, 2.05) is 96.5 Å². The van der Waals surface area contributed by atoms with Gasteiger partial charge in [0.25, 0.3) is 0 Å². The lowest BCUT2D eigenvalue weighted by molar-refractivity contribution is 0.829. The van der Waals surface area contributed by atoms with Crippen LogP contribution in [-0.4, -0.2) is 14.8 Å². The molecule has 1 aliphatic carbocycles. The Bertz CT molecular complexity index is 1360. The molecule has 0 fully saturated rings. The number of hydrogen-bond acceptors (Lipinski definition) is 3. The third kappa shape index (κ3) is 3.18. The first kappa shape index (κ1) is 18.0. The molecule has 0 aromatic heterocycles. The molecule has 1 heterocycles. The van der Waals surface area contributed by atoms with Crippen LogP contribution in [0.2, 0.25) is 0 Å². The molecule has 1 aliphatic heterocycles. The summed E-state index contributed by atoms with van der Waals surface area (Å²) in [7, 11) is 0. The van der Waals surface area contributed by atoms with Crippen molar-refractivity contribution in [1.82, 2.24) is 14.8 Å². The minimum atomic E-state index is -0.0474. The highest BCUT2D eigenvalue weighted by Crippen LogP contribution is 2.32. The van der Waals surface area contributed by atoms with Gasteiger partial charge in [0.2, 0.25) is 0 Å². The van der Waals surface area contributed by atoms with Crippen LogP contribution in [0.5, 0.6) is 0 Å². The number of hydrogen-bond donors (Lipinski definition) is 0. The van der Waals surface area contributed by atoms with Crippen LogP contribution in [0.4, 0.5) is 0 Å². The Kier molecular flexibility index (Phi) is 4.45. The van der Waals surface area contributed by atoms with Crippen LogP contribution in [0.25, 0.3) is 39.6 Å². The molecule has 0 bridgehead atoms. The first-order valence-electron chi connectivity index (χ1n) is 9.83. The van der Waals surface area contributed by atoms with E-state index in [4.69, 9.17) is 10.1 Å². The fourth-order valence-corrected chi connectivity index (χ4v) is 3.69. The summed E-state index contributed by atoms with van der Waals surface area (Å²) in [4.78, 5) is 17.8. The smallest absolute Gasteiger partial charge is 0.188 e. The van der Waals surface area contributed by atoms with Gasteiger partial charge in [-0.3, -0.25) is 4.79 Å². The average Bonchev–Trinajstić information content (AvgIpc) is 2.79. The molecule has 0 N–H and O–H groups in total. The second-order valence-corrected chi connectivity index (χ2v) is 7.22. The van der Waals surface area contributed by atoms with Crippen molar-refractivity contribution < 1.29 is 0 Å². The number of aryl methyl sites for hydroxylation is 1. The summed E-state index contributed by atoms with van der Waals surface area (Å²) < 4.78 is 1.84. The summed E-state index contributed by atoms with van der Waals surface area (Å²) in [5, 5.41) is 4.86. The number of fused-ring (bicyclic) bond motifs is 1. The number of para-hydroxylation sites is 1. The molecule has 0 saturated heterocycles. The van der Waals surface area contributed by atoms with Gasteiger partial charge in [0.15, 0.2) is 11.3 Å². The lowest BCUT2D eigenvalue weighted by Gasteiger charge is -2.19. The van der Waals surface area contributed by atoms with Gasteiger partial charge in [-0.2, -0.15) is 0 Å². The molecule has 0 spiro atoms. The highest BCUT2D eigenvalue weighted by molar-refractivity contribution is 5.82. The maximum absolute atomic E-state index is 13.0. The van der Waals surface area contributed by atoms with E-state index in [9.17, 15) is 4.79 Å². The topological polar surface area (TPSA) is 47.8 Å². The standard InChI is InChI=1S/C26H19N3O/c1-18-9-8-12-20(17-18)24-23(30)16-15-22-25(24)29(21-13-6-3-7-14-21)28-26(27-22)19-10-4-2-5-11-19/h2-17H,1H3. The second kappa shape index (κ2) is 7.41. The maximum Gasteiger partial charge on any atom is 0.188 e. The van der Waals surface area contributed by atoms with Gasteiger partial charge in [-0.05, 0) is 36.8 Å². The zero-order valence-corrected chi connectivity index (χ0v) is 16.5. The van der Waals surface area contributed by atoms with E-state index in [1.54, 1.807) is 12.1 Å². The van der Waals surface area contributed by atoms with Crippen LogP contribution >= 0.6 is 0 Å². The van der Waals surface area contributed by atoms with Gasteiger partial charge >= 0.3 is 0 Å². The Morgan fingerprint density at radius 2 is 1.43 bits per heavy atom. The predicted molar refractivity (Wildman–Crippen MR) is 120 cm³/mol. The number of rotatable bonds is 3. The third-order valence-electron chi connectivity index (χ3n) is 5.09. The summed E-state index contributed by atoms with van der Waals surface area (Å²) >= 11 is 0. The van der Waals surface area contributed by atoms with Gasteiger partial charge in [0.05, 0.1) is 16.9 Å². The van der Waals surface area contributed by atoms with Gasteiger partial charge < -0.3 is 0 Å². The quantitative estimate of drug-likeness (QED) is 0.416. The highest BCUT2D eigenvalue weighted by atomic mass is 16.1. The molecule has 0 amide bonds. The molecular formula is C26H19N3O. The molecule has 3 aromatic rings. The van der Waals surface area contributed by atoms with Gasteiger partial charge in [-0.25, -0.2) is 9.67 Å². The van der Waals surface area contributed by atoms with E-state index in [2.05, 4.69) is 0 Å². The molecular weight excluding hydrogens is 370 g/mol. The lowest BCUT2D eigenvalue weighted by atomic mass is 9.98. The summed E-state index contributed by atoms with van der Waals surface area (Å²) in [6, 6.07) is 31.1. The van der Waals surface area contributed by atoms with Gasteiger partial charge in [0, 0.05) is 5.56 Å². The largest absolute Gasteiger partial charge is 0.289 e. The van der Waals surface area contributed by atoms with Crippen molar-refractivity contribution in [2.75, 3.05) is 0 Å². The SMILES string of the molecule is Cc1cccc(-c2c3n(-c4ccccc4)nc(-c4ccccc4)nc-3ccc2=O)c1. The zero-order valence-electron chi connectivity index (χ0n) is 16.5. The molecule has 3 aromatic carbocycles. The van der Waals surface area contributed by atoms with E-state index in [0.717, 1.165) is 28.1 Å². The van der Waals surface area contributed by atoms with Crippen molar-refractivity contribution in [3.8, 4) is 39.6 Å². The van der Waals surface area contributed by atoms with E-state index in [0.29, 0.717) is 17.1 Å². The number of aromatic nitrogens is 3. The Morgan fingerprint density at radius 3 is 2.17 bits per heavy atom. The molecule has 4 heteroatoms.